The number of phosphoric acid groups is 1. The number of aliphatic hydroxyl groups is 1. The highest BCUT2D eigenvalue weighted by atomic mass is 31.2. The van der Waals surface area contributed by atoms with Crippen molar-refractivity contribution in [2.75, 3.05) is 13.2 Å². The van der Waals surface area contributed by atoms with Crippen LogP contribution >= 0.6 is 7.82 Å². The summed E-state index contributed by atoms with van der Waals surface area (Å²) in [6.45, 7) is 3.25. The van der Waals surface area contributed by atoms with E-state index in [-0.39, 0.29) is 19.4 Å². The zero-order chi connectivity index (χ0) is 39.1. The van der Waals surface area contributed by atoms with Gasteiger partial charge in [-0.15, -0.1) is 0 Å². The van der Waals surface area contributed by atoms with Crippen LogP contribution in [0.4, 0.5) is 0 Å². The van der Waals surface area contributed by atoms with Gasteiger partial charge < -0.3 is 24.4 Å². The lowest BCUT2D eigenvalue weighted by Crippen LogP contribution is -2.29. The van der Waals surface area contributed by atoms with Crippen LogP contribution < -0.4 is 0 Å². The van der Waals surface area contributed by atoms with E-state index in [2.05, 4.69) is 85.2 Å². The molecule has 298 valence electrons. The van der Waals surface area contributed by atoms with E-state index in [0.29, 0.717) is 19.3 Å². The highest BCUT2D eigenvalue weighted by molar-refractivity contribution is 7.46. The molecule has 0 aliphatic heterocycles. The van der Waals surface area contributed by atoms with Gasteiger partial charge in [0.15, 0.2) is 6.10 Å². The molecule has 0 aromatic heterocycles. The minimum absolute atomic E-state index is 0.0646. The van der Waals surface area contributed by atoms with E-state index in [1.807, 2.05) is 36.5 Å². The molecule has 3 N–H and O–H groups in total. The molecule has 0 aliphatic rings. The Balaban J connectivity index is 4.19. The Kier molecular flexibility index (Phi) is 34.7. The van der Waals surface area contributed by atoms with Gasteiger partial charge in [0.2, 0.25) is 0 Å². The van der Waals surface area contributed by atoms with Crippen molar-refractivity contribution >= 4 is 19.8 Å². The lowest BCUT2D eigenvalue weighted by Gasteiger charge is -2.18. The number of unbranched alkanes of at least 4 members (excludes halogenated alkanes) is 5. The van der Waals surface area contributed by atoms with Crippen molar-refractivity contribution < 1.29 is 43.0 Å². The molecule has 0 rings (SSSR count). The van der Waals surface area contributed by atoms with Crippen molar-refractivity contribution in [1.82, 2.24) is 0 Å². The van der Waals surface area contributed by atoms with Gasteiger partial charge in [0.05, 0.1) is 12.7 Å². The van der Waals surface area contributed by atoms with Gasteiger partial charge in [0.1, 0.15) is 6.61 Å². The van der Waals surface area contributed by atoms with Crippen LogP contribution in [-0.4, -0.2) is 52.3 Å². The molecule has 0 aliphatic carbocycles. The number of allylic oxidation sites excluding steroid dienone is 16. The third-order valence-electron chi connectivity index (χ3n) is 7.38. The number of rotatable bonds is 33. The number of phosphoric ester groups is 1. The second kappa shape index (κ2) is 37.0. The molecule has 0 aromatic carbocycles. The average Bonchev–Trinajstić information content (AvgIpc) is 3.12. The van der Waals surface area contributed by atoms with E-state index in [9.17, 15) is 19.3 Å². The third kappa shape index (κ3) is 39.7. The molecule has 0 radical (unpaired) electrons. The standard InChI is InChI=1S/C43H67O9P/c1-3-5-7-8-9-10-11-12-13-14-15-16-17-18-19-22-26-29-33-37-43(46)52-41(39-51-53(47,48)49)38-50-42(45)36-32-28-25-23-20-21-24-27-31-35-40(44)34-30-6-4-2/h5-7,9-10,12-13,15-16,18-19,24,26-27,29-31,35,40-41,44H,3-4,8,11,14,17,20-23,25,28,32-34,36-39H2,1-2H3,(H2,47,48,49)/b7-5-,10-9-,13-12-,16-15-,19-18-,27-24+,29-26-,30-6+,35-31+/t40?,41-/m1/s1. The van der Waals surface area contributed by atoms with Gasteiger partial charge in [0, 0.05) is 12.8 Å². The predicted molar refractivity (Wildman–Crippen MR) is 217 cm³/mol. The summed E-state index contributed by atoms with van der Waals surface area (Å²) in [4.78, 5) is 42.7. The molecule has 0 fully saturated rings. The molecule has 0 saturated heterocycles. The first kappa shape index (κ1) is 49.7. The summed E-state index contributed by atoms with van der Waals surface area (Å²) in [6.07, 6.45) is 48.7. The number of ether oxygens (including phenoxy) is 2. The normalized spacial score (nSPS) is 14.3. The number of hydrogen-bond acceptors (Lipinski definition) is 7. The van der Waals surface area contributed by atoms with Crippen molar-refractivity contribution in [3.8, 4) is 0 Å². The van der Waals surface area contributed by atoms with Crippen LogP contribution in [0.2, 0.25) is 0 Å². The van der Waals surface area contributed by atoms with Gasteiger partial charge in [0.25, 0.3) is 0 Å². The lowest BCUT2D eigenvalue weighted by atomic mass is 10.1. The summed E-state index contributed by atoms with van der Waals surface area (Å²) in [6, 6.07) is 0. The first-order chi connectivity index (χ1) is 25.7. The SMILES string of the molecule is CC/C=C\C/C=C\C/C=C\C/C=C\C/C=C\C/C=C\CCC(=O)O[C@H](COC(=O)CCCCCCC/C=C/C=C/C(O)C/C=C/CC)COP(=O)(O)O. The largest absolute Gasteiger partial charge is 0.469 e. The minimum atomic E-state index is -4.80. The molecule has 53 heavy (non-hydrogen) atoms. The lowest BCUT2D eigenvalue weighted by molar-refractivity contribution is -0.161. The van der Waals surface area contributed by atoms with Gasteiger partial charge in [-0.1, -0.05) is 142 Å². The Bertz CT molecular complexity index is 1230. The molecule has 1 unspecified atom stereocenters. The summed E-state index contributed by atoms with van der Waals surface area (Å²) in [7, 11) is -4.80. The fourth-order valence-corrected chi connectivity index (χ4v) is 4.91. The molecule has 0 heterocycles. The van der Waals surface area contributed by atoms with Crippen LogP contribution in [0.1, 0.15) is 123 Å². The monoisotopic (exact) mass is 758 g/mol. The van der Waals surface area contributed by atoms with Crippen molar-refractivity contribution in [2.24, 2.45) is 0 Å². The Morgan fingerprint density at radius 2 is 1.11 bits per heavy atom. The molecule has 0 bridgehead atoms. The maximum absolute atomic E-state index is 12.3. The summed E-state index contributed by atoms with van der Waals surface area (Å²) >= 11 is 0. The summed E-state index contributed by atoms with van der Waals surface area (Å²) < 4.78 is 26.2. The number of carbonyl (C=O) groups excluding carboxylic acids is 2. The fourth-order valence-electron chi connectivity index (χ4n) is 4.55. The Morgan fingerprint density at radius 3 is 1.70 bits per heavy atom. The number of carbonyl (C=O) groups is 2. The van der Waals surface area contributed by atoms with Crippen molar-refractivity contribution in [3.63, 3.8) is 0 Å². The van der Waals surface area contributed by atoms with E-state index in [4.69, 9.17) is 19.3 Å². The van der Waals surface area contributed by atoms with Crippen molar-refractivity contribution in [2.45, 2.75) is 135 Å². The van der Waals surface area contributed by atoms with Crippen LogP contribution in [-0.2, 0) is 28.2 Å². The van der Waals surface area contributed by atoms with Crippen LogP contribution in [0.15, 0.2) is 109 Å². The fraction of sp³-hybridized carbons (Fsp3) is 0.535. The van der Waals surface area contributed by atoms with Gasteiger partial charge in [-0.05, 0) is 77.0 Å². The molecule has 0 saturated carbocycles. The van der Waals surface area contributed by atoms with Crippen LogP contribution in [0, 0.1) is 0 Å². The molecule has 9 nitrogen and oxygen atoms in total. The van der Waals surface area contributed by atoms with Crippen LogP contribution in [0.3, 0.4) is 0 Å². The second-order valence-corrected chi connectivity index (χ2v) is 13.6. The number of esters is 2. The van der Waals surface area contributed by atoms with E-state index >= 15 is 0 Å². The van der Waals surface area contributed by atoms with E-state index in [1.54, 1.807) is 6.08 Å². The highest BCUT2D eigenvalue weighted by Gasteiger charge is 2.22. The highest BCUT2D eigenvalue weighted by Crippen LogP contribution is 2.35. The first-order valence-corrected chi connectivity index (χ1v) is 20.8. The molecular formula is C43H67O9P. The van der Waals surface area contributed by atoms with Gasteiger partial charge in [-0.3, -0.25) is 14.1 Å². The third-order valence-corrected chi connectivity index (χ3v) is 7.87. The van der Waals surface area contributed by atoms with E-state index < -0.39 is 38.6 Å². The Labute approximate surface area is 319 Å². The van der Waals surface area contributed by atoms with Crippen molar-refractivity contribution in [1.29, 1.82) is 0 Å². The van der Waals surface area contributed by atoms with Gasteiger partial charge in [-0.25, -0.2) is 4.57 Å². The second-order valence-electron chi connectivity index (χ2n) is 12.3. The van der Waals surface area contributed by atoms with Crippen LogP contribution in [0.25, 0.3) is 0 Å². The summed E-state index contributed by atoms with van der Waals surface area (Å²) in [5.74, 6) is -1.05. The van der Waals surface area contributed by atoms with E-state index in [0.717, 1.165) is 77.0 Å². The van der Waals surface area contributed by atoms with Gasteiger partial charge >= 0.3 is 19.8 Å². The van der Waals surface area contributed by atoms with Crippen LogP contribution in [0.5, 0.6) is 0 Å². The average molecular weight is 759 g/mol. The maximum Gasteiger partial charge on any atom is 0.469 e. The summed E-state index contributed by atoms with van der Waals surface area (Å²) in [5.41, 5.74) is 0. The predicted octanol–water partition coefficient (Wildman–Crippen LogP) is 10.6. The summed E-state index contributed by atoms with van der Waals surface area (Å²) in [5, 5.41) is 9.83. The zero-order valence-corrected chi connectivity index (χ0v) is 33.1. The maximum atomic E-state index is 12.3. The number of aliphatic hydroxyl groups excluding tert-OH is 1. The van der Waals surface area contributed by atoms with E-state index in [1.165, 1.54) is 0 Å². The molecule has 2 atom stereocenters. The quantitative estimate of drug-likeness (QED) is 0.0196. The first-order valence-electron chi connectivity index (χ1n) is 19.3. The topological polar surface area (TPSA) is 140 Å². The smallest absolute Gasteiger partial charge is 0.462 e. The van der Waals surface area contributed by atoms with Crippen molar-refractivity contribution in [3.05, 3.63) is 109 Å². The molecular weight excluding hydrogens is 691 g/mol. The zero-order valence-electron chi connectivity index (χ0n) is 32.2. The minimum Gasteiger partial charge on any atom is -0.462 e. The molecule has 0 aromatic rings. The molecule has 10 heteroatoms. The Hall–Kier alpha value is -3.33. The van der Waals surface area contributed by atoms with Gasteiger partial charge in [-0.2, -0.15) is 0 Å². The number of hydrogen-bond donors (Lipinski definition) is 3. The molecule has 0 amide bonds. The Morgan fingerprint density at radius 1 is 0.585 bits per heavy atom. The molecule has 0 spiro atoms.